The van der Waals surface area contributed by atoms with Crippen LogP contribution in [0.1, 0.15) is 25.7 Å². The Balaban J connectivity index is 1.79. The molecule has 0 bridgehead atoms. The van der Waals surface area contributed by atoms with Crippen LogP contribution in [0.15, 0.2) is 23.2 Å². The van der Waals surface area contributed by atoms with E-state index in [4.69, 9.17) is 4.74 Å². The van der Waals surface area contributed by atoms with Crippen molar-refractivity contribution in [2.75, 3.05) is 13.2 Å². The maximum Gasteiger partial charge on any atom is 0.160 e. The number of halogens is 2. The Kier molecular flexibility index (Phi) is 4.04. The molecular weight excluding hydrogens is 276 g/mol. The summed E-state index contributed by atoms with van der Waals surface area (Å²) in [7, 11) is 0. The van der Waals surface area contributed by atoms with Gasteiger partial charge in [-0.1, -0.05) is 6.42 Å². The molecule has 5 heteroatoms. The minimum absolute atomic E-state index is 0.107. The topological polar surface area (TPSA) is 41.8 Å². The fraction of sp³-hybridized carbons (Fsp3) is 0.562. The van der Waals surface area contributed by atoms with Crippen molar-refractivity contribution in [2.45, 2.75) is 31.3 Å². The molecule has 1 aromatic carbocycles. The van der Waals surface area contributed by atoms with E-state index in [9.17, 15) is 13.9 Å². The van der Waals surface area contributed by atoms with E-state index < -0.39 is 17.2 Å². The number of ether oxygens (including phenoxy) is 1. The normalized spacial score (nSPS) is 33.1. The van der Waals surface area contributed by atoms with Crippen molar-refractivity contribution in [3.63, 3.8) is 0 Å². The number of aliphatic hydroxyl groups is 1. The third-order valence-electron chi connectivity index (χ3n) is 4.67. The van der Waals surface area contributed by atoms with E-state index in [-0.39, 0.29) is 11.8 Å². The first-order chi connectivity index (χ1) is 10.1. The molecule has 1 saturated carbocycles. The van der Waals surface area contributed by atoms with Gasteiger partial charge in [-0.05, 0) is 37.3 Å². The highest BCUT2D eigenvalue weighted by atomic mass is 19.2. The number of nitrogens with zero attached hydrogens (tertiary/aromatic N) is 1. The summed E-state index contributed by atoms with van der Waals surface area (Å²) >= 11 is 0. The highest BCUT2D eigenvalue weighted by Crippen LogP contribution is 2.42. The van der Waals surface area contributed by atoms with Gasteiger partial charge in [-0.15, -0.1) is 0 Å². The lowest BCUT2D eigenvalue weighted by atomic mass is 9.67. The molecule has 1 unspecified atom stereocenters. The zero-order valence-electron chi connectivity index (χ0n) is 11.8. The van der Waals surface area contributed by atoms with Crippen molar-refractivity contribution < 1.29 is 18.6 Å². The molecule has 21 heavy (non-hydrogen) atoms. The molecule has 1 N–H and O–H groups in total. The van der Waals surface area contributed by atoms with Crippen LogP contribution >= 0.6 is 0 Å². The standard InChI is InChI=1S/C16H19F2NO2/c17-14-5-4-13(8-15(14)18)19-9-12-3-1-2-11-6-7-21-10-16(11,12)20/h4-5,8-9,11-12,20H,1-3,6-7,10H2/t11-,12?,16-/m1/s1. The van der Waals surface area contributed by atoms with E-state index in [1.54, 1.807) is 6.21 Å². The van der Waals surface area contributed by atoms with Gasteiger partial charge < -0.3 is 9.84 Å². The smallest absolute Gasteiger partial charge is 0.160 e. The fourth-order valence-electron chi connectivity index (χ4n) is 3.41. The molecule has 2 fully saturated rings. The van der Waals surface area contributed by atoms with Crippen molar-refractivity contribution in [1.29, 1.82) is 0 Å². The molecule has 1 heterocycles. The van der Waals surface area contributed by atoms with Gasteiger partial charge in [0.2, 0.25) is 0 Å². The lowest BCUT2D eigenvalue weighted by Crippen LogP contribution is -2.54. The van der Waals surface area contributed by atoms with E-state index >= 15 is 0 Å². The van der Waals surface area contributed by atoms with E-state index in [0.717, 1.165) is 37.8 Å². The Morgan fingerprint density at radius 3 is 2.90 bits per heavy atom. The lowest BCUT2D eigenvalue weighted by Gasteiger charge is -2.47. The van der Waals surface area contributed by atoms with Gasteiger partial charge in [0.25, 0.3) is 0 Å². The molecule has 2 aliphatic rings. The lowest BCUT2D eigenvalue weighted by molar-refractivity contribution is -0.157. The molecule has 3 nitrogen and oxygen atoms in total. The second kappa shape index (κ2) is 5.81. The summed E-state index contributed by atoms with van der Waals surface area (Å²) in [4.78, 5) is 4.22. The fourth-order valence-corrected chi connectivity index (χ4v) is 3.41. The minimum atomic E-state index is -0.911. The van der Waals surface area contributed by atoms with Gasteiger partial charge in [-0.25, -0.2) is 8.78 Å². The van der Waals surface area contributed by atoms with Crippen molar-refractivity contribution >= 4 is 11.9 Å². The first-order valence-corrected chi connectivity index (χ1v) is 7.39. The summed E-state index contributed by atoms with van der Waals surface area (Å²) in [5, 5.41) is 10.9. The summed E-state index contributed by atoms with van der Waals surface area (Å²) in [5.41, 5.74) is -0.519. The van der Waals surface area contributed by atoms with Gasteiger partial charge in [-0.3, -0.25) is 4.99 Å². The molecule has 0 radical (unpaired) electrons. The monoisotopic (exact) mass is 295 g/mol. The number of aliphatic imine (C=N–C) groups is 1. The Labute approximate surface area is 122 Å². The molecule has 0 spiro atoms. The summed E-state index contributed by atoms with van der Waals surface area (Å²) < 4.78 is 31.5. The van der Waals surface area contributed by atoms with Gasteiger partial charge in [0.15, 0.2) is 11.6 Å². The van der Waals surface area contributed by atoms with Gasteiger partial charge in [-0.2, -0.15) is 0 Å². The van der Waals surface area contributed by atoms with Gasteiger partial charge in [0.05, 0.1) is 17.9 Å². The second-order valence-corrected chi connectivity index (χ2v) is 5.94. The highest BCUT2D eigenvalue weighted by Gasteiger charge is 2.47. The van der Waals surface area contributed by atoms with Crippen LogP contribution in [-0.2, 0) is 4.74 Å². The molecular formula is C16H19F2NO2. The molecule has 1 aromatic rings. The first-order valence-electron chi connectivity index (χ1n) is 7.39. The number of fused-ring (bicyclic) bond motifs is 1. The number of benzene rings is 1. The third kappa shape index (κ3) is 2.85. The van der Waals surface area contributed by atoms with E-state index in [1.165, 1.54) is 6.07 Å². The van der Waals surface area contributed by atoms with Crippen LogP contribution in [0.3, 0.4) is 0 Å². The van der Waals surface area contributed by atoms with Gasteiger partial charge in [0.1, 0.15) is 0 Å². The largest absolute Gasteiger partial charge is 0.387 e. The van der Waals surface area contributed by atoms with Crippen LogP contribution in [0.5, 0.6) is 0 Å². The third-order valence-corrected chi connectivity index (χ3v) is 4.67. The molecule has 1 saturated heterocycles. The van der Waals surface area contributed by atoms with Crippen LogP contribution < -0.4 is 0 Å². The average molecular weight is 295 g/mol. The second-order valence-electron chi connectivity index (χ2n) is 5.94. The van der Waals surface area contributed by atoms with Crippen molar-refractivity contribution in [3.8, 4) is 0 Å². The Hall–Kier alpha value is -1.33. The van der Waals surface area contributed by atoms with Crippen LogP contribution in [0.4, 0.5) is 14.5 Å². The molecule has 1 aliphatic heterocycles. The summed E-state index contributed by atoms with van der Waals surface area (Å²) in [6.07, 6.45) is 5.43. The number of rotatable bonds is 2. The van der Waals surface area contributed by atoms with Crippen molar-refractivity contribution in [3.05, 3.63) is 29.8 Å². The Morgan fingerprint density at radius 1 is 1.24 bits per heavy atom. The Morgan fingerprint density at radius 2 is 2.10 bits per heavy atom. The maximum absolute atomic E-state index is 13.2. The predicted octanol–water partition coefficient (Wildman–Crippen LogP) is 3.23. The summed E-state index contributed by atoms with van der Waals surface area (Å²) in [6.45, 7) is 1.02. The maximum atomic E-state index is 13.2. The minimum Gasteiger partial charge on any atom is -0.387 e. The van der Waals surface area contributed by atoms with E-state index in [1.807, 2.05) is 0 Å². The van der Waals surface area contributed by atoms with Crippen molar-refractivity contribution in [2.24, 2.45) is 16.8 Å². The van der Waals surface area contributed by atoms with Crippen LogP contribution in [0.2, 0.25) is 0 Å². The Bertz CT molecular complexity index is 547. The molecule has 3 atom stereocenters. The molecule has 0 aromatic heterocycles. The molecule has 0 amide bonds. The van der Waals surface area contributed by atoms with Crippen molar-refractivity contribution in [1.82, 2.24) is 0 Å². The quantitative estimate of drug-likeness (QED) is 0.851. The zero-order chi connectivity index (χ0) is 14.9. The van der Waals surface area contributed by atoms with Crippen LogP contribution in [-0.4, -0.2) is 30.1 Å². The van der Waals surface area contributed by atoms with E-state index in [2.05, 4.69) is 4.99 Å². The number of hydrogen-bond donors (Lipinski definition) is 1. The zero-order valence-corrected chi connectivity index (χ0v) is 11.8. The first kappa shape index (κ1) is 14.6. The number of hydrogen-bond acceptors (Lipinski definition) is 3. The highest BCUT2D eigenvalue weighted by molar-refractivity contribution is 5.67. The SMILES string of the molecule is O[C@]12COCC[C@H]1CCCC2C=Nc1ccc(F)c(F)c1. The summed E-state index contributed by atoms with van der Waals surface area (Å²) in [6, 6.07) is 3.55. The molecule has 1 aliphatic carbocycles. The van der Waals surface area contributed by atoms with Crippen LogP contribution in [0.25, 0.3) is 0 Å². The van der Waals surface area contributed by atoms with Gasteiger partial charge >= 0.3 is 0 Å². The predicted molar refractivity (Wildman–Crippen MR) is 75.7 cm³/mol. The van der Waals surface area contributed by atoms with Gasteiger partial charge in [0, 0.05) is 24.8 Å². The van der Waals surface area contributed by atoms with Crippen LogP contribution in [0, 0.1) is 23.5 Å². The summed E-state index contributed by atoms with van der Waals surface area (Å²) in [5.74, 6) is -1.66. The average Bonchev–Trinajstić information content (AvgIpc) is 2.48. The van der Waals surface area contributed by atoms with E-state index in [0.29, 0.717) is 18.9 Å². The molecule has 3 rings (SSSR count). The molecule has 114 valence electrons.